The summed E-state index contributed by atoms with van der Waals surface area (Å²) in [5.41, 5.74) is 0. The summed E-state index contributed by atoms with van der Waals surface area (Å²) in [6, 6.07) is 0.453. The Morgan fingerprint density at radius 2 is 2.24 bits per heavy atom. The van der Waals surface area contributed by atoms with E-state index in [2.05, 4.69) is 16.0 Å². The molecule has 1 aliphatic carbocycles. The summed E-state index contributed by atoms with van der Waals surface area (Å²) in [6.45, 7) is 3.64. The van der Waals surface area contributed by atoms with Crippen molar-refractivity contribution in [3.8, 4) is 0 Å². The zero-order valence-electron chi connectivity index (χ0n) is 10.00. The van der Waals surface area contributed by atoms with Gasteiger partial charge in [-0.2, -0.15) is 0 Å². The van der Waals surface area contributed by atoms with Gasteiger partial charge in [0.1, 0.15) is 0 Å². The molecule has 0 radical (unpaired) electrons. The van der Waals surface area contributed by atoms with Crippen LogP contribution in [0.1, 0.15) is 19.3 Å². The number of nitrogens with one attached hydrogen (secondary N) is 3. The number of carbonyl (C=O) groups excluding carboxylic acids is 2. The molecule has 2 aliphatic rings. The Morgan fingerprint density at radius 3 is 2.88 bits per heavy atom. The summed E-state index contributed by atoms with van der Waals surface area (Å²) in [7, 11) is 0. The van der Waals surface area contributed by atoms with Crippen molar-refractivity contribution < 1.29 is 9.59 Å². The number of carbonyl (C=O) groups is 2. The molecule has 2 rings (SSSR count). The first-order chi connectivity index (χ1) is 8.25. The molecule has 1 saturated carbocycles. The van der Waals surface area contributed by atoms with Crippen molar-refractivity contribution in [3.05, 3.63) is 0 Å². The van der Waals surface area contributed by atoms with Crippen molar-refractivity contribution in [3.63, 3.8) is 0 Å². The maximum absolute atomic E-state index is 11.3. The minimum absolute atomic E-state index is 0.0123. The van der Waals surface area contributed by atoms with Gasteiger partial charge >= 0.3 is 6.03 Å². The molecule has 3 amide bonds. The van der Waals surface area contributed by atoms with E-state index in [9.17, 15) is 9.59 Å². The van der Waals surface area contributed by atoms with Crippen molar-refractivity contribution in [2.75, 3.05) is 32.7 Å². The molecule has 0 aromatic carbocycles. The van der Waals surface area contributed by atoms with Crippen molar-refractivity contribution in [2.24, 2.45) is 0 Å². The Kier molecular flexibility index (Phi) is 4.19. The lowest BCUT2D eigenvalue weighted by molar-refractivity contribution is -0.121. The third-order valence-electron chi connectivity index (χ3n) is 2.97. The van der Waals surface area contributed by atoms with Crippen LogP contribution in [0.2, 0.25) is 0 Å². The summed E-state index contributed by atoms with van der Waals surface area (Å²) in [6.07, 6.45) is 2.77. The van der Waals surface area contributed by atoms with Gasteiger partial charge in [-0.1, -0.05) is 0 Å². The Bertz CT molecular complexity index is 291. The number of nitrogens with zero attached hydrogens (tertiary/aromatic N) is 1. The molecule has 17 heavy (non-hydrogen) atoms. The number of hydrogen-bond donors (Lipinski definition) is 3. The highest BCUT2D eigenvalue weighted by Crippen LogP contribution is 2.18. The second-order valence-electron chi connectivity index (χ2n) is 4.56. The minimum Gasteiger partial charge on any atom is -0.353 e. The fourth-order valence-electron chi connectivity index (χ4n) is 1.79. The van der Waals surface area contributed by atoms with E-state index in [4.69, 9.17) is 0 Å². The summed E-state index contributed by atoms with van der Waals surface area (Å²) in [5, 5.41) is 8.87. The second-order valence-corrected chi connectivity index (χ2v) is 4.56. The molecule has 2 fully saturated rings. The second kappa shape index (κ2) is 5.86. The molecule has 0 bridgehead atoms. The van der Waals surface area contributed by atoms with Crippen LogP contribution in [0.4, 0.5) is 4.79 Å². The highest BCUT2D eigenvalue weighted by atomic mass is 16.2. The van der Waals surface area contributed by atoms with Crippen molar-refractivity contribution in [2.45, 2.75) is 25.3 Å². The molecular weight excluding hydrogens is 220 g/mol. The van der Waals surface area contributed by atoms with E-state index in [-0.39, 0.29) is 11.9 Å². The predicted octanol–water partition coefficient (Wildman–Crippen LogP) is -0.730. The number of rotatable bonds is 7. The zero-order chi connectivity index (χ0) is 12.1. The molecule has 0 aromatic rings. The van der Waals surface area contributed by atoms with Crippen molar-refractivity contribution >= 4 is 11.9 Å². The molecule has 0 aromatic heterocycles. The quantitative estimate of drug-likeness (QED) is 0.514. The van der Waals surface area contributed by atoms with Gasteiger partial charge in [-0.3, -0.25) is 4.79 Å². The molecule has 1 heterocycles. The smallest absolute Gasteiger partial charge is 0.317 e. The van der Waals surface area contributed by atoms with Crippen LogP contribution in [-0.2, 0) is 4.79 Å². The van der Waals surface area contributed by atoms with Crippen LogP contribution < -0.4 is 16.0 Å². The van der Waals surface area contributed by atoms with E-state index < -0.39 is 0 Å². The Balaban J connectivity index is 1.45. The van der Waals surface area contributed by atoms with Gasteiger partial charge in [0.25, 0.3) is 0 Å². The van der Waals surface area contributed by atoms with Gasteiger partial charge in [0, 0.05) is 45.2 Å². The Hall–Kier alpha value is -1.30. The van der Waals surface area contributed by atoms with Gasteiger partial charge < -0.3 is 20.9 Å². The summed E-state index contributed by atoms with van der Waals surface area (Å²) >= 11 is 0. The van der Waals surface area contributed by atoms with Crippen molar-refractivity contribution in [1.82, 2.24) is 20.9 Å². The molecule has 0 unspecified atom stereocenters. The van der Waals surface area contributed by atoms with Gasteiger partial charge in [0.15, 0.2) is 0 Å². The molecular formula is C11H20N4O2. The molecule has 0 atom stereocenters. The van der Waals surface area contributed by atoms with E-state index in [1.54, 1.807) is 4.90 Å². The van der Waals surface area contributed by atoms with Crippen LogP contribution in [-0.4, -0.2) is 55.6 Å². The first kappa shape index (κ1) is 12.2. The fraction of sp³-hybridized carbons (Fsp3) is 0.818. The third kappa shape index (κ3) is 4.22. The van der Waals surface area contributed by atoms with Gasteiger partial charge in [-0.15, -0.1) is 0 Å². The fourth-order valence-corrected chi connectivity index (χ4v) is 1.79. The summed E-state index contributed by atoms with van der Waals surface area (Å²) in [5.74, 6) is 0.124. The van der Waals surface area contributed by atoms with Gasteiger partial charge in [-0.05, 0) is 12.8 Å². The highest BCUT2D eigenvalue weighted by molar-refractivity contribution is 5.77. The van der Waals surface area contributed by atoms with Gasteiger partial charge in [-0.25, -0.2) is 4.79 Å². The van der Waals surface area contributed by atoms with Crippen LogP contribution >= 0.6 is 0 Å². The highest BCUT2D eigenvalue weighted by Gasteiger charge is 2.22. The molecule has 6 nitrogen and oxygen atoms in total. The normalized spacial score (nSPS) is 19.3. The summed E-state index contributed by atoms with van der Waals surface area (Å²) < 4.78 is 0. The average molecular weight is 240 g/mol. The van der Waals surface area contributed by atoms with E-state index in [0.29, 0.717) is 25.6 Å². The largest absolute Gasteiger partial charge is 0.353 e. The number of urea groups is 1. The van der Waals surface area contributed by atoms with Crippen LogP contribution in [0.5, 0.6) is 0 Å². The maximum atomic E-state index is 11.3. The minimum atomic E-state index is 0.0123. The van der Waals surface area contributed by atoms with Crippen LogP contribution in [0.15, 0.2) is 0 Å². The van der Waals surface area contributed by atoms with Crippen LogP contribution in [0.25, 0.3) is 0 Å². The molecule has 1 aliphatic heterocycles. The average Bonchev–Trinajstić information content (AvgIpc) is 3.01. The zero-order valence-corrected chi connectivity index (χ0v) is 10.00. The SMILES string of the molecule is O=C(CCNCCN1CCNC1=O)NC1CC1. The lowest BCUT2D eigenvalue weighted by atomic mass is 10.4. The van der Waals surface area contributed by atoms with E-state index in [0.717, 1.165) is 32.5 Å². The van der Waals surface area contributed by atoms with E-state index in [1.165, 1.54) is 0 Å². The van der Waals surface area contributed by atoms with E-state index in [1.807, 2.05) is 0 Å². The Morgan fingerprint density at radius 1 is 1.41 bits per heavy atom. The predicted molar refractivity (Wildman–Crippen MR) is 63.6 cm³/mol. The maximum Gasteiger partial charge on any atom is 0.317 e. The standard InChI is InChI=1S/C11H20N4O2/c16-10(14-9-1-2-9)3-4-12-5-7-15-8-6-13-11(15)17/h9,12H,1-8H2,(H,13,17)(H,14,16). The first-order valence-corrected chi connectivity index (χ1v) is 6.28. The van der Waals surface area contributed by atoms with Gasteiger partial charge in [0.05, 0.1) is 0 Å². The van der Waals surface area contributed by atoms with Crippen LogP contribution in [0.3, 0.4) is 0 Å². The topological polar surface area (TPSA) is 73.5 Å². The lowest BCUT2D eigenvalue weighted by Gasteiger charge is -2.14. The molecule has 96 valence electrons. The molecule has 1 saturated heterocycles. The van der Waals surface area contributed by atoms with Crippen LogP contribution in [0, 0.1) is 0 Å². The third-order valence-corrected chi connectivity index (χ3v) is 2.97. The number of amides is 3. The molecule has 3 N–H and O–H groups in total. The first-order valence-electron chi connectivity index (χ1n) is 6.28. The molecule has 6 heteroatoms. The van der Waals surface area contributed by atoms with E-state index >= 15 is 0 Å². The Labute approximate surface area is 101 Å². The molecule has 0 spiro atoms. The van der Waals surface area contributed by atoms with Gasteiger partial charge in [0.2, 0.25) is 5.91 Å². The number of hydrogen-bond acceptors (Lipinski definition) is 3. The lowest BCUT2D eigenvalue weighted by Crippen LogP contribution is -2.36. The monoisotopic (exact) mass is 240 g/mol. The summed E-state index contributed by atoms with van der Waals surface area (Å²) in [4.78, 5) is 24.3. The van der Waals surface area contributed by atoms with Crippen molar-refractivity contribution in [1.29, 1.82) is 0 Å².